The first-order valence-electron chi connectivity index (χ1n) is 6.90. The zero-order valence-corrected chi connectivity index (χ0v) is 12.4. The van der Waals surface area contributed by atoms with Crippen molar-refractivity contribution in [2.75, 3.05) is 0 Å². The van der Waals surface area contributed by atoms with Crippen LogP contribution in [0.15, 0.2) is 47.5 Å². The molecular formula is C16H10ClN3O3. The van der Waals surface area contributed by atoms with Crippen molar-refractivity contribution in [2.24, 2.45) is 5.92 Å². The number of hydrogen-bond donors (Lipinski definition) is 2. The average molecular weight is 328 g/mol. The van der Waals surface area contributed by atoms with Gasteiger partial charge in [0.1, 0.15) is 5.41 Å². The highest BCUT2D eigenvalue weighted by Crippen LogP contribution is 2.42. The molecule has 3 heterocycles. The van der Waals surface area contributed by atoms with E-state index in [4.69, 9.17) is 11.6 Å². The number of amides is 2. The first-order chi connectivity index (χ1) is 11.0. The number of imide groups is 1. The predicted octanol–water partition coefficient (Wildman–Crippen LogP) is 1.54. The average Bonchev–Trinajstić information content (AvgIpc) is 2.78. The third-order valence-electron chi connectivity index (χ3n) is 4.18. The second-order valence-electron chi connectivity index (χ2n) is 5.46. The van der Waals surface area contributed by atoms with Crippen LogP contribution in [-0.2, 0) is 15.0 Å². The van der Waals surface area contributed by atoms with Crippen LogP contribution >= 0.6 is 11.6 Å². The molecule has 0 saturated carbocycles. The van der Waals surface area contributed by atoms with Crippen LogP contribution in [0, 0.1) is 5.92 Å². The molecule has 4 rings (SSSR count). The van der Waals surface area contributed by atoms with Crippen molar-refractivity contribution in [3.63, 3.8) is 0 Å². The van der Waals surface area contributed by atoms with E-state index in [2.05, 4.69) is 15.3 Å². The smallest absolute Gasteiger partial charge is 0.243 e. The van der Waals surface area contributed by atoms with Gasteiger partial charge < -0.3 is 5.11 Å². The molecule has 2 amide bonds. The lowest BCUT2D eigenvalue weighted by atomic mass is 9.71. The van der Waals surface area contributed by atoms with E-state index >= 15 is 0 Å². The molecule has 2 N–H and O–H groups in total. The lowest BCUT2D eigenvalue weighted by Gasteiger charge is -2.28. The van der Waals surface area contributed by atoms with Gasteiger partial charge in [-0.3, -0.25) is 14.9 Å². The Morgan fingerprint density at radius 3 is 2.78 bits per heavy atom. The van der Waals surface area contributed by atoms with Gasteiger partial charge in [-0.15, -0.1) is 0 Å². The maximum Gasteiger partial charge on any atom is 0.243 e. The lowest BCUT2D eigenvalue weighted by molar-refractivity contribution is -0.126. The van der Waals surface area contributed by atoms with E-state index in [1.165, 1.54) is 6.07 Å². The Bertz CT molecular complexity index is 937. The van der Waals surface area contributed by atoms with Crippen molar-refractivity contribution in [2.45, 2.75) is 5.41 Å². The van der Waals surface area contributed by atoms with Crippen molar-refractivity contribution >= 4 is 34.4 Å². The highest BCUT2D eigenvalue weighted by atomic mass is 35.5. The summed E-state index contributed by atoms with van der Waals surface area (Å²) in [6.45, 7) is 0. The van der Waals surface area contributed by atoms with Crippen molar-refractivity contribution in [3.8, 4) is 5.88 Å². The maximum absolute atomic E-state index is 12.5. The molecule has 1 aliphatic heterocycles. The van der Waals surface area contributed by atoms with E-state index in [1.807, 2.05) is 0 Å². The van der Waals surface area contributed by atoms with E-state index < -0.39 is 23.1 Å². The lowest BCUT2D eigenvalue weighted by Crippen LogP contribution is -2.39. The number of nitrogens with zero attached hydrogens (tertiary/aromatic N) is 2. The van der Waals surface area contributed by atoms with Gasteiger partial charge in [-0.1, -0.05) is 23.8 Å². The first kappa shape index (κ1) is 13.9. The minimum atomic E-state index is -1.24. The molecule has 2 unspecified atom stereocenters. The summed E-state index contributed by atoms with van der Waals surface area (Å²) in [6.07, 6.45) is 4.72. The van der Waals surface area contributed by atoms with E-state index in [1.54, 1.807) is 36.4 Å². The second-order valence-corrected chi connectivity index (χ2v) is 5.90. The quantitative estimate of drug-likeness (QED) is 0.775. The number of carbonyl (C=O) groups is 2. The van der Waals surface area contributed by atoms with Crippen LogP contribution in [0.4, 0.5) is 0 Å². The third kappa shape index (κ3) is 1.88. The molecular weight excluding hydrogens is 318 g/mol. The van der Waals surface area contributed by atoms with E-state index in [-0.39, 0.29) is 5.88 Å². The number of hydrogen-bond acceptors (Lipinski definition) is 5. The summed E-state index contributed by atoms with van der Waals surface area (Å²) in [4.78, 5) is 33.0. The highest BCUT2D eigenvalue weighted by Gasteiger charge is 2.56. The van der Waals surface area contributed by atoms with Crippen LogP contribution in [0.3, 0.4) is 0 Å². The molecule has 6 nitrogen and oxygen atoms in total. The van der Waals surface area contributed by atoms with Gasteiger partial charge in [-0.25, -0.2) is 4.98 Å². The topological polar surface area (TPSA) is 92.2 Å². The zero-order valence-electron chi connectivity index (χ0n) is 11.7. The van der Waals surface area contributed by atoms with Gasteiger partial charge >= 0.3 is 0 Å². The van der Waals surface area contributed by atoms with Crippen molar-refractivity contribution in [1.82, 2.24) is 15.3 Å². The fourth-order valence-electron chi connectivity index (χ4n) is 3.03. The number of nitrogens with one attached hydrogen (secondary N) is 1. The number of pyridine rings is 2. The van der Waals surface area contributed by atoms with Crippen LogP contribution in [-0.4, -0.2) is 26.9 Å². The van der Waals surface area contributed by atoms with E-state index in [0.717, 1.165) is 5.39 Å². The largest absolute Gasteiger partial charge is 0.493 e. The standard InChI is InChI=1S/C16H10ClN3O3/c17-9-5-6-16(10(7-9)14(22)20-15(16)23)11-3-1-8-2-4-12(21)19-13(8)18-11/h1-7,10H,(H,18,19,21)(H,20,22,23). The molecule has 2 aromatic rings. The number of aromatic nitrogens is 2. The number of aromatic hydroxyl groups is 1. The van der Waals surface area contributed by atoms with Crippen molar-refractivity contribution in [1.29, 1.82) is 0 Å². The predicted molar refractivity (Wildman–Crippen MR) is 82.6 cm³/mol. The van der Waals surface area contributed by atoms with Crippen LogP contribution in [0.2, 0.25) is 0 Å². The van der Waals surface area contributed by atoms with E-state index in [9.17, 15) is 14.7 Å². The molecule has 2 atom stereocenters. The molecule has 0 radical (unpaired) electrons. The van der Waals surface area contributed by atoms with Gasteiger partial charge in [0, 0.05) is 16.5 Å². The summed E-state index contributed by atoms with van der Waals surface area (Å²) in [5.74, 6) is -1.78. The van der Waals surface area contributed by atoms with Gasteiger partial charge in [-0.05, 0) is 24.3 Å². The fraction of sp³-hybridized carbons (Fsp3) is 0.125. The fourth-order valence-corrected chi connectivity index (χ4v) is 3.22. The first-order valence-corrected chi connectivity index (χ1v) is 7.27. The second kappa shape index (κ2) is 4.63. The molecule has 1 fully saturated rings. The Morgan fingerprint density at radius 1 is 1.17 bits per heavy atom. The summed E-state index contributed by atoms with van der Waals surface area (Å²) < 4.78 is 0. The van der Waals surface area contributed by atoms with Crippen LogP contribution in [0.5, 0.6) is 5.88 Å². The third-order valence-corrected chi connectivity index (χ3v) is 4.43. The molecule has 2 aromatic heterocycles. The van der Waals surface area contributed by atoms with Gasteiger partial charge in [0.05, 0.1) is 11.6 Å². The van der Waals surface area contributed by atoms with E-state index in [0.29, 0.717) is 16.4 Å². The minimum absolute atomic E-state index is 0.162. The number of carbonyl (C=O) groups excluding carboxylic acids is 2. The van der Waals surface area contributed by atoms with Gasteiger partial charge in [0.2, 0.25) is 17.7 Å². The highest BCUT2D eigenvalue weighted by molar-refractivity contribution is 6.32. The molecule has 1 saturated heterocycles. The molecule has 1 aliphatic carbocycles. The minimum Gasteiger partial charge on any atom is -0.493 e. The van der Waals surface area contributed by atoms with Gasteiger partial charge in [0.15, 0.2) is 5.65 Å². The molecule has 0 bridgehead atoms. The summed E-state index contributed by atoms with van der Waals surface area (Å²) >= 11 is 5.98. The van der Waals surface area contributed by atoms with Crippen LogP contribution in [0.1, 0.15) is 5.69 Å². The van der Waals surface area contributed by atoms with Crippen LogP contribution < -0.4 is 5.32 Å². The normalized spacial score (nSPS) is 26.1. The number of allylic oxidation sites excluding steroid dienone is 2. The zero-order chi connectivity index (χ0) is 16.2. The Kier molecular flexibility index (Phi) is 2.80. The molecule has 114 valence electrons. The molecule has 0 spiro atoms. The SMILES string of the molecule is O=C1NC(=O)C2(c3ccc4ccc(O)nc4n3)C=CC(Cl)=CC12. The summed E-state index contributed by atoms with van der Waals surface area (Å²) in [5.41, 5.74) is -0.554. The monoisotopic (exact) mass is 327 g/mol. The van der Waals surface area contributed by atoms with Crippen molar-refractivity contribution in [3.05, 3.63) is 53.2 Å². The van der Waals surface area contributed by atoms with Crippen molar-refractivity contribution < 1.29 is 14.7 Å². The summed E-state index contributed by atoms with van der Waals surface area (Å²) in [6, 6.07) is 6.57. The van der Waals surface area contributed by atoms with Gasteiger partial charge in [0.25, 0.3) is 0 Å². The Hall–Kier alpha value is -2.73. The molecule has 7 heteroatoms. The maximum atomic E-state index is 12.5. The number of rotatable bonds is 1. The summed E-state index contributed by atoms with van der Waals surface area (Å²) in [7, 11) is 0. The van der Waals surface area contributed by atoms with Gasteiger partial charge in [-0.2, -0.15) is 4.98 Å². The number of fused-ring (bicyclic) bond motifs is 2. The number of halogens is 1. The Morgan fingerprint density at radius 2 is 1.96 bits per heavy atom. The van der Waals surface area contributed by atoms with Crippen LogP contribution in [0.25, 0.3) is 11.0 Å². The summed E-state index contributed by atoms with van der Waals surface area (Å²) in [5, 5.41) is 13.0. The molecule has 0 aromatic carbocycles. The Labute approximate surface area is 135 Å². The Balaban J connectivity index is 1.96. The molecule has 23 heavy (non-hydrogen) atoms. The molecule has 2 aliphatic rings.